The molecule has 3 N–H and O–H groups in total. The highest BCUT2D eigenvalue weighted by molar-refractivity contribution is 5.29. The Morgan fingerprint density at radius 2 is 1.88 bits per heavy atom. The van der Waals surface area contributed by atoms with Gasteiger partial charge in [0.15, 0.2) is 0 Å². The Balaban J connectivity index is 3.19. The summed E-state index contributed by atoms with van der Waals surface area (Å²) in [5.41, 5.74) is 4.24. The fourth-order valence-electron chi connectivity index (χ4n) is 2.50. The van der Waals surface area contributed by atoms with Gasteiger partial charge in [0.25, 0.3) is 0 Å². The SMILES string of the molecule is C=CC(NN)C(CC)(CC)c1ccccc1. The normalized spacial score (nSPS) is 13.4. The fraction of sp³-hybridized carbons (Fsp3) is 0.429. The molecule has 0 aliphatic heterocycles. The van der Waals surface area contributed by atoms with Crippen LogP contribution in [0.25, 0.3) is 0 Å². The topological polar surface area (TPSA) is 38.0 Å². The molecule has 0 saturated carbocycles. The van der Waals surface area contributed by atoms with Gasteiger partial charge in [-0.05, 0) is 18.4 Å². The average Bonchev–Trinajstić information content (AvgIpc) is 2.37. The molecular formula is C14H22N2. The zero-order chi connectivity index (χ0) is 12.0. The minimum Gasteiger partial charge on any atom is -0.271 e. The Morgan fingerprint density at radius 1 is 1.31 bits per heavy atom. The summed E-state index contributed by atoms with van der Waals surface area (Å²) in [5, 5.41) is 0. The maximum Gasteiger partial charge on any atom is 0.0484 e. The van der Waals surface area contributed by atoms with Crippen molar-refractivity contribution in [2.75, 3.05) is 0 Å². The fourth-order valence-corrected chi connectivity index (χ4v) is 2.50. The molecule has 0 bridgehead atoms. The van der Waals surface area contributed by atoms with Gasteiger partial charge in [-0.1, -0.05) is 50.3 Å². The van der Waals surface area contributed by atoms with Gasteiger partial charge in [0, 0.05) is 11.5 Å². The molecule has 1 aromatic rings. The van der Waals surface area contributed by atoms with Gasteiger partial charge < -0.3 is 0 Å². The first-order chi connectivity index (χ1) is 7.75. The Hall–Kier alpha value is -1.12. The van der Waals surface area contributed by atoms with Gasteiger partial charge in [0.2, 0.25) is 0 Å². The molecule has 0 radical (unpaired) electrons. The van der Waals surface area contributed by atoms with Crippen LogP contribution in [0.15, 0.2) is 43.0 Å². The van der Waals surface area contributed by atoms with Crippen LogP contribution in [0, 0.1) is 0 Å². The molecule has 1 rings (SSSR count). The van der Waals surface area contributed by atoms with Crippen molar-refractivity contribution in [2.45, 2.75) is 38.1 Å². The van der Waals surface area contributed by atoms with E-state index in [1.54, 1.807) is 0 Å². The molecule has 0 spiro atoms. The molecule has 0 fully saturated rings. The van der Waals surface area contributed by atoms with E-state index >= 15 is 0 Å². The maximum atomic E-state index is 5.64. The zero-order valence-corrected chi connectivity index (χ0v) is 10.2. The maximum absolute atomic E-state index is 5.64. The van der Waals surface area contributed by atoms with E-state index in [-0.39, 0.29) is 11.5 Å². The molecule has 1 aromatic carbocycles. The first kappa shape index (κ1) is 12.9. The molecule has 0 aliphatic carbocycles. The van der Waals surface area contributed by atoms with Crippen molar-refractivity contribution in [1.29, 1.82) is 0 Å². The second-order valence-electron chi connectivity index (χ2n) is 4.11. The molecule has 1 atom stereocenters. The van der Waals surface area contributed by atoms with E-state index in [0.29, 0.717) is 0 Å². The summed E-state index contributed by atoms with van der Waals surface area (Å²) in [6, 6.07) is 10.6. The van der Waals surface area contributed by atoms with Crippen molar-refractivity contribution >= 4 is 0 Å². The van der Waals surface area contributed by atoms with Crippen LogP contribution in [0.3, 0.4) is 0 Å². The van der Waals surface area contributed by atoms with Crippen molar-refractivity contribution < 1.29 is 0 Å². The number of nitrogens with two attached hydrogens (primary N) is 1. The smallest absolute Gasteiger partial charge is 0.0484 e. The van der Waals surface area contributed by atoms with Crippen molar-refractivity contribution in [2.24, 2.45) is 5.84 Å². The number of rotatable bonds is 6. The van der Waals surface area contributed by atoms with E-state index in [0.717, 1.165) is 12.8 Å². The van der Waals surface area contributed by atoms with Crippen LogP contribution in [-0.2, 0) is 5.41 Å². The molecule has 2 heteroatoms. The molecular weight excluding hydrogens is 196 g/mol. The lowest BCUT2D eigenvalue weighted by atomic mass is 9.70. The van der Waals surface area contributed by atoms with Crippen LogP contribution < -0.4 is 11.3 Å². The minimum absolute atomic E-state index is 0.0394. The van der Waals surface area contributed by atoms with Crippen LogP contribution in [0.5, 0.6) is 0 Å². The minimum atomic E-state index is 0.0394. The lowest BCUT2D eigenvalue weighted by Gasteiger charge is -2.38. The van der Waals surface area contributed by atoms with Gasteiger partial charge in [-0.25, -0.2) is 0 Å². The van der Waals surface area contributed by atoms with Gasteiger partial charge in [-0.2, -0.15) is 0 Å². The zero-order valence-electron chi connectivity index (χ0n) is 10.2. The van der Waals surface area contributed by atoms with E-state index < -0.39 is 0 Å². The third kappa shape index (κ3) is 2.18. The highest BCUT2D eigenvalue weighted by Gasteiger charge is 2.34. The predicted molar refractivity (Wildman–Crippen MR) is 70.0 cm³/mol. The van der Waals surface area contributed by atoms with Crippen molar-refractivity contribution in [3.05, 3.63) is 48.6 Å². The third-order valence-electron chi connectivity index (χ3n) is 3.62. The van der Waals surface area contributed by atoms with Crippen LogP contribution in [-0.4, -0.2) is 6.04 Å². The number of hydrogen-bond acceptors (Lipinski definition) is 2. The molecule has 16 heavy (non-hydrogen) atoms. The summed E-state index contributed by atoms with van der Waals surface area (Å²) in [6.45, 7) is 8.27. The van der Waals surface area contributed by atoms with Crippen molar-refractivity contribution in [1.82, 2.24) is 5.43 Å². The van der Waals surface area contributed by atoms with E-state index in [1.807, 2.05) is 12.1 Å². The molecule has 2 nitrogen and oxygen atoms in total. The predicted octanol–water partition coefficient (Wildman–Crippen LogP) is 2.76. The standard InChI is InChI=1S/C14H22N2/c1-4-13(16-15)14(5-2,6-3)12-10-8-7-9-11-12/h4,7-11,13,16H,1,5-6,15H2,2-3H3. The largest absolute Gasteiger partial charge is 0.271 e. The van der Waals surface area contributed by atoms with Gasteiger partial charge in [0.05, 0.1) is 0 Å². The number of hydrazine groups is 1. The molecule has 0 aromatic heterocycles. The quantitative estimate of drug-likeness (QED) is 0.438. The van der Waals surface area contributed by atoms with Crippen LogP contribution in [0.2, 0.25) is 0 Å². The third-order valence-corrected chi connectivity index (χ3v) is 3.62. The summed E-state index contributed by atoms with van der Waals surface area (Å²) < 4.78 is 0. The molecule has 1 unspecified atom stereocenters. The molecule has 0 saturated heterocycles. The molecule has 0 aliphatic rings. The van der Waals surface area contributed by atoms with Crippen LogP contribution in [0.4, 0.5) is 0 Å². The number of nitrogens with one attached hydrogen (secondary N) is 1. The summed E-state index contributed by atoms with van der Waals surface area (Å²) in [7, 11) is 0. The first-order valence-electron chi connectivity index (χ1n) is 5.89. The second-order valence-corrected chi connectivity index (χ2v) is 4.11. The van der Waals surface area contributed by atoms with E-state index in [9.17, 15) is 0 Å². The van der Waals surface area contributed by atoms with Crippen LogP contribution >= 0.6 is 0 Å². The van der Waals surface area contributed by atoms with Gasteiger partial charge >= 0.3 is 0 Å². The Labute approximate surface area is 98.5 Å². The molecule has 0 heterocycles. The highest BCUT2D eigenvalue weighted by atomic mass is 15.2. The summed E-state index contributed by atoms with van der Waals surface area (Å²) >= 11 is 0. The lowest BCUT2D eigenvalue weighted by molar-refractivity contribution is 0.314. The number of hydrogen-bond donors (Lipinski definition) is 2. The summed E-state index contributed by atoms with van der Waals surface area (Å²) in [4.78, 5) is 0. The van der Waals surface area contributed by atoms with Gasteiger partial charge in [-0.3, -0.25) is 11.3 Å². The summed E-state index contributed by atoms with van der Waals surface area (Å²) in [5.74, 6) is 5.64. The number of benzene rings is 1. The molecule has 88 valence electrons. The van der Waals surface area contributed by atoms with E-state index in [1.165, 1.54) is 5.56 Å². The van der Waals surface area contributed by atoms with Crippen LogP contribution in [0.1, 0.15) is 32.3 Å². The van der Waals surface area contributed by atoms with Crippen molar-refractivity contribution in [3.8, 4) is 0 Å². The molecule has 0 amide bonds. The summed E-state index contributed by atoms with van der Waals surface area (Å²) in [6.07, 6.45) is 3.98. The van der Waals surface area contributed by atoms with Gasteiger partial charge in [-0.15, -0.1) is 6.58 Å². The first-order valence-corrected chi connectivity index (χ1v) is 5.89. The monoisotopic (exact) mass is 218 g/mol. The average molecular weight is 218 g/mol. The Bertz CT molecular complexity index is 315. The highest BCUT2D eigenvalue weighted by Crippen LogP contribution is 2.35. The Morgan fingerprint density at radius 3 is 2.25 bits per heavy atom. The second kappa shape index (κ2) is 5.83. The van der Waals surface area contributed by atoms with E-state index in [4.69, 9.17) is 5.84 Å². The lowest BCUT2D eigenvalue weighted by Crippen LogP contribution is -2.49. The van der Waals surface area contributed by atoms with Gasteiger partial charge in [0.1, 0.15) is 0 Å². The Kier molecular flexibility index (Phi) is 4.71. The van der Waals surface area contributed by atoms with E-state index in [2.05, 4.69) is 50.1 Å². The van der Waals surface area contributed by atoms with Crippen molar-refractivity contribution in [3.63, 3.8) is 0 Å².